The number of hydrogen-bond acceptors (Lipinski definition) is 4. The fraction of sp³-hybridized carbons (Fsp3) is 0.857. The van der Waals surface area contributed by atoms with Gasteiger partial charge in [-0.05, 0) is 20.3 Å². The number of nitrogens with one attached hydrogen (secondary N) is 2. The molecule has 2 saturated heterocycles. The average molecular weight is 282 g/mol. The zero-order chi connectivity index (χ0) is 14.8. The number of rotatable bonds is 3. The molecule has 0 spiro atoms. The SMILES string of the molecule is CC(=O)NC1CCN(C(=O)C(C)(C)N2CCNCC2)C1. The Kier molecular flexibility index (Phi) is 4.65. The van der Waals surface area contributed by atoms with Crippen LogP contribution in [0, 0.1) is 0 Å². The van der Waals surface area contributed by atoms with E-state index in [-0.39, 0.29) is 17.9 Å². The van der Waals surface area contributed by atoms with Gasteiger partial charge in [0.25, 0.3) is 0 Å². The Morgan fingerprint density at radius 3 is 2.45 bits per heavy atom. The van der Waals surface area contributed by atoms with Crippen LogP contribution in [-0.4, -0.2) is 72.5 Å². The van der Waals surface area contributed by atoms with Gasteiger partial charge >= 0.3 is 0 Å². The summed E-state index contributed by atoms with van der Waals surface area (Å²) in [5.74, 6) is 0.151. The molecular formula is C14H26N4O2. The Hall–Kier alpha value is -1.14. The third-order valence-electron chi connectivity index (χ3n) is 4.31. The van der Waals surface area contributed by atoms with Gasteiger partial charge in [-0.3, -0.25) is 14.5 Å². The number of piperazine rings is 1. The normalized spacial score (nSPS) is 24.8. The molecule has 2 N–H and O–H groups in total. The second kappa shape index (κ2) is 6.10. The van der Waals surface area contributed by atoms with Crippen LogP contribution in [-0.2, 0) is 9.59 Å². The predicted molar refractivity (Wildman–Crippen MR) is 77.3 cm³/mol. The Morgan fingerprint density at radius 1 is 1.20 bits per heavy atom. The summed E-state index contributed by atoms with van der Waals surface area (Å²) in [5.41, 5.74) is -0.465. The van der Waals surface area contributed by atoms with Gasteiger partial charge in [0, 0.05) is 52.2 Å². The smallest absolute Gasteiger partial charge is 0.242 e. The quantitative estimate of drug-likeness (QED) is 0.726. The summed E-state index contributed by atoms with van der Waals surface area (Å²) in [5, 5.41) is 6.21. The first kappa shape index (κ1) is 15.3. The van der Waals surface area contributed by atoms with Crippen molar-refractivity contribution in [3.63, 3.8) is 0 Å². The molecule has 2 aliphatic rings. The largest absolute Gasteiger partial charge is 0.352 e. The monoisotopic (exact) mass is 282 g/mol. The molecule has 1 atom stereocenters. The molecule has 0 aliphatic carbocycles. The van der Waals surface area contributed by atoms with Crippen LogP contribution in [0.1, 0.15) is 27.2 Å². The van der Waals surface area contributed by atoms with Crippen LogP contribution in [0.5, 0.6) is 0 Å². The lowest BCUT2D eigenvalue weighted by atomic mass is 9.99. The molecule has 114 valence electrons. The predicted octanol–water partition coefficient (Wildman–Crippen LogP) is -0.593. The van der Waals surface area contributed by atoms with E-state index in [1.165, 1.54) is 6.92 Å². The highest BCUT2D eigenvalue weighted by Gasteiger charge is 2.40. The average Bonchev–Trinajstić information content (AvgIpc) is 2.86. The van der Waals surface area contributed by atoms with Crippen molar-refractivity contribution in [3.8, 4) is 0 Å². The van der Waals surface area contributed by atoms with Crippen LogP contribution in [0.2, 0.25) is 0 Å². The summed E-state index contributed by atoms with van der Waals surface area (Å²) < 4.78 is 0. The van der Waals surface area contributed by atoms with Crippen LogP contribution in [0.15, 0.2) is 0 Å². The highest BCUT2D eigenvalue weighted by molar-refractivity contribution is 5.86. The van der Waals surface area contributed by atoms with Gasteiger partial charge in [-0.2, -0.15) is 0 Å². The number of carbonyl (C=O) groups excluding carboxylic acids is 2. The number of carbonyl (C=O) groups is 2. The molecule has 0 radical (unpaired) electrons. The third kappa shape index (κ3) is 3.30. The van der Waals surface area contributed by atoms with E-state index < -0.39 is 5.54 Å². The van der Waals surface area contributed by atoms with Crippen LogP contribution < -0.4 is 10.6 Å². The van der Waals surface area contributed by atoms with Crippen molar-refractivity contribution >= 4 is 11.8 Å². The summed E-state index contributed by atoms with van der Waals surface area (Å²) in [4.78, 5) is 28.0. The minimum atomic E-state index is -0.465. The first-order chi connectivity index (χ1) is 9.41. The van der Waals surface area contributed by atoms with Crippen molar-refractivity contribution in [2.75, 3.05) is 39.3 Å². The van der Waals surface area contributed by atoms with Gasteiger partial charge in [-0.1, -0.05) is 0 Å². The van der Waals surface area contributed by atoms with E-state index in [2.05, 4.69) is 15.5 Å². The van der Waals surface area contributed by atoms with Crippen molar-refractivity contribution in [1.29, 1.82) is 0 Å². The van der Waals surface area contributed by atoms with Crippen LogP contribution in [0.3, 0.4) is 0 Å². The highest BCUT2D eigenvalue weighted by Crippen LogP contribution is 2.21. The van der Waals surface area contributed by atoms with E-state index in [1.807, 2.05) is 18.7 Å². The van der Waals surface area contributed by atoms with Crippen molar-refractivity contribution in [3.05, 3.63) is 0 Å². The molecule has 0 saturated carbocycles. The maximum absolute atomic E-state index is 12.7. The number of amides is 2. The van der Waals surface area contributed by atoms with E-state index in [0.29, 0.717) is 6.54 Å². The first-order valence-electron chi connectivity index (χ1n) is 7.43. The van der Waals surface area contributed by atoms with E-state index in [0.717, 1.165) is 39.1 Å². The van der Waals surface area contributed by atoms with Crippen LogP contribution >= 0.6 is 0 Å². The molecule has 0 aromatic carbocycles. The van der Waals surface area contributed by atoms with Gasteiger partial charge < -0.3 is 15.5 Å². The van der Waals surface area contributed by atoms with Crippen molar-refractivity contribution in [1.82, 2.24) is 20.4 Å². The summed E-state index contributed by atoms with van der Waals surface area (Å²) in [6.45, 7) is 10.6. The highest BCUT2D eigenvalue weighted by atomic mass is 16.2. The lowest BCUT2D eigenvalue weighted by Gasteiger charge is -2.41. The molecule has 1 unspecified atom stereocenters. The molecule has 6 heteroatoms. The molecule has 2 amide bonds. The maximum Gasteiger partial charge on any atom is 0.242 e. The van der Waals surface area contributed by atoms with E-state index in [4.69, 9.17) is 0 Å². The molecule has 0 aromatic rings. The Labute approximate surface area is 120 Å². The van der Waals surface area contributed by atoms with Gasteiger partial charge in [0.05, 0.1) is 5.54 Å². The molecule has 2 aliphatic heterocycles. The molecule has 2 heterocycles. The minimum absolute atomic E-state index is 0.0225. The standard InChI is InChI=1S/C14H26N4O2/c1-11(19)16-12-4-7-17(10-12)13(20)14(2,3)18-8-5-15-6-9-18/h12,15H,4-10H2,1-3H3,(H,16,19). The van der Waals surface area contributed by atoms with Crippen LogP contribution in [0.4, 0.5) is 0 Å². The fourth-order valence-electron chi connectivity index (χ4n) is 3.10. The second-order valence-electron chi connectivity index (χ2n) is 6.23. The van der Waals surface area contributed by atoms with Gasteiger partial charge in [0.15, 0.2) is 0 Å². The molecule has 6 nitrogen and oxygen atoms in total. The van der Waals surface area contributed by atoms with Gasteiger partial charge in [-0.15, -0.1) is 0 Å². The van der Waals surface area contributed by atoms with Gasteiger partial charge in [-0.25, -0.2) is 0 Å². The summed E-state index contributed by atoms with van der Waals surface area (Å²) in [6.07, 6.45) is 0.850. The number of hydrogen-bond donors (Lipinski definition) is 2. The van der Waals surface area contributed by atoms with Crippen molar-refractivity contribution < 1.29 is 9.59 Å². The Bertz CT molecular complexity index is 377. The van der Waals surface area contributed by atoms with E-state index in [9.17, 15) is 9.59 Å². The number of nitrogens with zero attached hydrogens (tertiary/aromatic N) is 2. The molecule has 20 heavy (non-hydrogen) atoms. The molecule has 0 bridgehead atoms. The van der Waals surface area contributed by atoms with E-state index >= 15 is 0 Å². The Balaban J connectivity index is 1.94. The molecule has 2 fully saturated rings. The molecule has 2 rings (SSSR count). The lowest BCUT2D eigenvalue weighted by molar-refractivity contribution is -0.142. The summed E-state index contributed by atoms with van der Waals surface area (Å²) in [7, 11) is 0. The fourth-order valence-corrected chi connectivity index (χ4v) is 3.10. The zero-order valence-electron chi connectivity index (χ0n) is 12.7. The lowest BCUT2D eigenvalue weighted by Crippen LogP contribution is -2.60. The van der Waals surface area contributed by atoms with E-state index in [1.54, 1.807) is 0 Å². The first-order valence-corrected chi connectivity index (χ1v) is 7.43. The van der Waals surface area contributed by atoms with Crippen molar-refractivity contribution in [2.24, 2.45) is 0 Å². The third-order valence-corrected chi connectivity index (χ3v) is 4.31. The maximum atomic E-state index is 12.7. The second-order valence-corrected chi connectivity index (χ2v) is 6.23. The van der Waals surface area contributed by atoms with Crippen molar-refractivity contribution in [2.45, 2.75) is 38.8 Å². The molecule has 0 aromatic heterocycles. The van der Waals surface area contributed by atoms with Gasteiger partial charge in [0.2, 0.25) is 11.8 Å². The summed E-state index contributed by atoms with van der Waals surface area (Å²) >= 11 is 0. The zero-order valence-corrected chi connectivity index (χ0v) is 12.7. The minimum Gasteiger partial charge on any atom is -0.352 e. The molecular weight excluding hydrogens is 256 g/mol. The Morgan fingerprint density at radius 2 is 1.85 bits per heavy atom. The number of likely N-dealkylation sites (tertiary alicyclic amines) is 1. The van der Waals surface area contributed by atoms with Crippen LogP contribution in [0.25, 0.3) is 0 Å². The topological polar surface area (TPSA) is 64.7 Å². The van der Waals surface area contributed by atoms with Gasteiger partial charge in [0.1, 0.15) is 0 Å². The summed E-state index contributed by atoms with van der Waals surface area (Å²) in [6, 6.07) is 0.107.